The van der Waals surface area contributed by atoms with E-state index in [1.165, 1.54) is 0 Å². The van der Waals surface area contributed by atoms with Crippen LogP contribution >= 0.6 is 11.6 Å². The summed E-state index contributed by atoms with van der Waals surface area (Å²) in [6, 6.07) is 2.05. The van der Waals surface area contributed by atoms with Gasteiger partial charge in [-0.05, 0) is 25.8 Å². The zero-order chi connectivity index (χ0) is 10.6. The molecule has 0 aliphatic heterocycles. The summed E-state index contributed by atoms with van der Waals surface area (Å²) in [5.41, 5.74) is 2.17. The van der Waals surface area contributed by atoms with Gasteiger partial charge in [-0.15, -0.1) is 11.6 Å². The Morgan fingerprint density at radius 2 is 1.93 bits per heavy atom. The summed E-state index contributed by atoms with van der Waals surface area (Å²) in [5.74, 6) is 0.847. The molecule has 0 bridgehead atoms. The zero-order valence-electron chi connectivity index (χ0n) is 9.05. The van der Waals surface area contributed by atoms with Gasteiger partial charge in [0.2, 0.25) is 0 Å². The van der Waals surface area contributed by atoms with Crippen LogP contribution in [-0.4, -0.2) is 15.3 Å². The minimum absolute atomic E-state index is 0.189. The van der Waals surface area contributed by atoms with E-state index in [1.807, 2.05) is 6.92 Å². The molecule has 1 rings (SSSR count). The summed E-state index contributed by atoms with van der Waals surface area (Å²) >= 11 is 6.09. The highest BCUT2D eigenvalue weighted by Crippen LogP contribution is 2.10. The largest absolute Gasteiger partial charge is 0.238 e. The maximum absolute atomic E-state index is 6.09. The summed E-state index contributed by atoms with van der Waals surface area (Å²) < 4.78 is 0. The fourth-order valence-corrected chi connectivity index (χ4v) is 1.51. The van der Waals surface area contributed by atoms with Crippen molar-refractivity contribution in [3.8, 4) is 0 Å². The van der Waals surface area contributed by atoms with E-state index in [9.17, 15) is 0 Å². The van der Waals surface area contributed by atoms with E-state index in [0.29, 0.717) is 0 Å². The fourth-order valence-electron chi connectivity index (χ4n) is 1.35. The first-order valence-corrected chi connectivity index (χ1v) is 5.56. The Bertz CT molecular complexity index is 299. The van der Waals surface area contributed by atoms with Crippen LogP contribution < -0.4 is 0 Å². The first kappa shape index (κ1) is 11.4. The van der Waals surface area contributed by atoms with Crippen LogP contribution in [0.3, 0.4) is 0 Å². The summed E-state index contributed by atoms with van der Waals surface area (Å²) in [5, 5.41) is 0.189. The van der Waals surface area contributed by atoms with E-state index in [1.54, 1.807) is 0 Å². The van der Waals surface area contributed by atoms with Gasteiger partial charge in [-0.1, -0.05) is 13.8 Å². The lowest BCUT2D eigenvalue weighted by Crippen LogP contribution is -2.06. The molecule has 1 atom stereocenters. The predicted molar refractivity (Wildman–Crippen MR) is 59.8 cm³/mol. The van der Waals surface area contributed by atoms with Crippen LogP contribution in [0.4, 0.5) is 0 Å². The van der Waals surface area contributed by atoms with Crippen LogP contribution in [0.15, 0.2) is 6.07 Å². The topological polar surface area (TPSA) is 25.8 Å². The van der Waals surface area contributed by atoms with Crippen molar-refractivity contribution >= 4 is 11.6 Å². The quantitative estimate of drug-likeness (QED) is 0.718. The third-order valence-corrected chi connectivity index (χ3v) is 2.64. The summed E-state index contributed by atoms with van der Waals surface area (Å²) in [6.45, 7) is 6.12. The minimum Gasteiger partial charge on any atom is -0.238 e. The number of hydrogen-bond acceptors (Lipinski definition) is 2. The van der Waals surface area contributed by atoms with Crippen LogP contribution in [0.1, 0.15) is 37.5 Å². The molecule has 78 valence electrons. The molecule has 0 radical (unpaired) electrons. The first-order valence-electron chi connectivity index (χ1n) is 5.13. The molecular weight excluding hydrogens is 196 g/mol. The maximum atomic E-state index is 6.09. The summed E-state index contributed by atoms with van der Waals surface area (Å²) in [7, 11) is 0. The third-order valence-electron chi connectivity index (χ3n) is 2.18. The molecule has 0 N–H and O–H groups in total. The van der Waals surface area contributed by atoms with Gasteiger partial charge in [-0.2, -0.15) is 0 Å². The Balaban J connectivity index is 2.81. The summed E-state index contributed by atoms with van der Waals surface area (Å²) in [4.78, 5) is 8.71. The van der Waals surface area contributed by atoms with Crippen molar-refractivity contribution < 1.29 is 0 Å². The highest BCUT2D eigenvalue weighted by Gasteiger charge is 2.06. The van der Waals surface area contributed by atoms with Crippen molar-refractivity contribution in [2.75, 3.05) is 0 Å². The Labute approximate surface area is 90.7 Å². The summed E-state index contributed by atoms with van der Waals surface area (Å²) in [6.07, 6.45) is 2.77. The zero-order valence-corrected chi connectivity index (χ0v) is 9.80. The van der Waals surface area contributed by atoms with Crippen LogP contribution in [0.5, 0.6) is 0 Å². The normalized spacial score (nSPS) is 12.9. The molecule has 0 spiro atoms. The van der Waals surface area contributed by atoms with E-state index >= 15 is 0 Å². The molecule has 3 heteroatoms. The predicted octanol–water partition coefficient (Wildman–Crippen LogP) is 2.91. The Kier molecular flexibility index (Phi) is 4.33. The van der Waals surface area contributed by atoms with Gasteiger partial charge in [-0.25, -0.2) is 9.97 Å². The van der Waals surface area contributed by atoms with E-state index in [4.69, 9.17) is 11.6 Å². The molecular formula is C11H17ClN2. The second kappa shape index (κ2) is 5.30. The molecule has 0 amide bonds. The van der Waals surface area contributed by atoms with Crippen molar-refractivity contribution in [1.29, 1.82) is 0 Å². The molecule has 14 heavy (non-hydrogen) atoms. The van der Waals surface area contributed by atoms with Crippen molar-refractivity contribution in [3.05, 3.63) is 23.3 Å². The standard InChI is InChI=1S/C11H17ClN2/c1-4-9(12)6-11-7-10(5-2)13-8(3)14-11/h7,9H,4-6H2,1-3H3. The van der Waals surface area contributed by atoms with Gasteiger partial charge in [0, 0.05) is 23.2 Å². The maximum Gasteiger partial charge on any atom is 0.125 e. The van der Waals surface area contributed by atoms with E-state index < -0.39 is 0 Å². The van der Waals surface area contributed by atoms with Gasteiger partial charge in [0.05, 0.1) is 0 Å². The van der Waals surface area contributed by atoms with E-state index in [0.717, 1.165) is 36.5 Å². The smallest absolute Gasteiger partial charge is 0.125 e. The SMILES string of the molecule is CCc1cc(CC(Cl)CC)nc(C)n1. The number of aromatic nitrogens is 2. The van der Waals surface area contributed by atoms with Gasteiger partial charge in [-0.3, -0.25) is 0 Å². The van der Waals surface area contributed by atoms with Crippen LogP contribution in [0.25, 0.3) is 0 Å². The molecule has 0 aromatic carbocycles. The van der Waals surface area contributed by atoms with Crippen LogP contribution in [0.2, 0.25) is 0 Å². The molecule has 0 fully saturated rings. The highest BCUT2D eigenvalue weighted by molar-refractivity contribution is 6.20. The number of rotatable bonds is 4. The number of aryl methyl sites for hydroxylation is 2. The van der Waals surface area contributed by atoms with Crippen molar-refractivity contribution in [1.82, 2.24) is 9.97 Å². The van der Waals surface area contributed by atoms with Gasteiger partial charge >= 0.3 is 0 Å². The number of nitrogens with zero attached hydrogens (tertiary/aromatic N) is 2. The monoisotopic (exact) mass is 212 g/mol. The molecule has 1 heterocycles. The van der Waals surface area contributed by atoms with Crippen molar-refractivity contribution in [2.45, 2.75) is 45.4 Å². The lowest BCUT2D eigenvalue weighted by atomic mass is 10.1. The Morgan fingerprint density at radius 1 is 1.29 bits per heavy atom. The lowest BCUT2D eigenvalue weighted by Gasteiger charge is -2.07. The molecule has 0 saturated heterocycles. The highest BCUT2D eigenvalue weighted by atomic mass is 35.5. The van der Waals surface area contributed by atoms with Crippen LogP contribution in [0, 0.1) is 6.92 Å². The minimum atomic E-state index is 0.189. The molecule has 0 aliphatic rings. The molecule has 1 aromatic heterocycles. The van der Waals surface area contributed by atoms with E-state index in [2.05, 4.69) is 29.9 Å². The van der Waals surface area contributed by atoms with Crippen molar-refractivity contribution in [3.63, 3.8) is 0 Å². The second-order valence-corrected chi connectivity index (χ2v) is 4.08. The second-order valence-electron chi connectivity index (χ2n) is 3.46. The van der Waals surface area contributed by atoms with Gasteiger partial charge in [0.15, 0.2) is 0 Å². The van der Waals surface area contributed by atoms with E-state index in [-0.39, 0.29) is 5.38 Å². The first-order chi connectivity index (χ1) is 6.65. The third kappa shape index (κ3) is 3.26. The van der Waals surface area contributed by atoms with Crippen molar-refractivity contribution in [2.24, 2.45) is 0 Å². The molecule has 0 saturated carbocycles. The molecule has 0 aliphatic carbocycles. The fraction of sp³-hybridized carbons (Fsp3) is 0.636. The number of halogens is 1. The Hall–Kier alpha value is -0.630. The van der Waals surface area contributed by atoms with Gasteiger partial charge in [0.25, 0.3) is 0 Å². The van der Waals surface area contributed by atoms with Gasteiger partial charge < -0.3 is 0 Å². The number of alkyl halides is 1. The van der Waals surface area contributed by atoms with Gasteiger partial charge in [0.1, 0.15) is 5.82 Å². The molecule has 1 unspecified atom stereocenters. The molecule has 2 nitrogen and oxygen atoms in total. The molecule has 1 aromatic rings. The Morgan fingerprint density at radius 3 is 2.50 bits per heavy atom. The lowest BCUT2D eigenvalue weighted by molar-refractivity contribution is 0.770. The average molecular weight is 213 g/mol. The van der Waals surface area contributed by atoms with Crippen LogP contribution in [-0.2, 0) is 12.8 Å². The average Bonchev–Trinajstić information content (AvgIpc) is 2.16. The number of hydrogen-bond donors (Lipinski definition) is 0.